The Labute approximate surface area is 153 Å². The van der Waals surface area contributed by atoms with Crippen molar-refractivity contribution in [3.63, 3.8) is 0 Å². The summed E-state index contributed by atoms with van der Waals surface area (Å²) < 4.78 is 5.51. The van der Waals surface area contributed by atoms with Gasteiger partial charge in [0.15, 0.2) is 0 Å². The first-order chi connectivity index (χ1) is 12.7. The van der Waals surface area contributed by atoms with Crippen LogP contribution < -0.4 is 4.90 Å². The molecule has 1 aromatic heterocycles. The molecular weight excluding hydrogens is 324 g/mol. The van der Waals surface area contributed by atoms with E-state index in [-0.39, 0.29) is 5.78 Å². The molecule has 4 rings (SSSR count). The number of Topliss-reactive ketones (excluding diaryl/α,β-unsaturated/α-hetero) is 1. The molecule has 1 saturated heterocycles. The van der Waals surface area contributed by atoms with Crippen LogP contribution in [0.3, 0.4) is 0 Å². The summed E-state index contributed by atoms with van der Waals surface area (Å²) in [5.74, 6) is 0.177. The number of carbonyl (C=O) groups is 1. The topological polar surface area (TPSA) is 42.4 Å². The minimum Gasteiger partial charge on any atom is -0.378 e. The second kappa shape index (κ2) is 7.26. The molecule has 1 fully saturated rings. The van der Waals surface area contributed by atoms with Crippen LogP contribution in [0.2, 0.25) is 0 Å². The molecule has 0 saturated carbocycles. The van der Waals surface area contributed by atoms with Gasteiger partial charge in [-0.1, -0.05) is 42.5 Å². The number of ketones is 1. The number of ether oxygens (including phenoxy) is 1. The zero-order chi connectivity index (χ0) is 17.9. The summed E-state index contributed by atoms with van der Waals surface area (Å²) in [6.45, 7) is 4.92. The Kier molecular flexibility index (Phi) is 4.67. The third-order valence-electron chi connectivity index (χ3n) is 4.75. The van der Waals surface area contributed by atoms with Crippen LogP contribution in [0.1, 0.15) is 12.5 Å². The molecule has 2 heterocycles. The predicted molar refractivity (Wildman–Crippen MR) is 105 cm³/mol. The first-order valence-corrected chi connectivity index (χ1v) is 9.02. The van der Waals surface area contributed by atoms with Gasteiger partial charge in [-0.15, -0.1) is 0 Å². The van der Waals surface area contributed by atoms with Crippen molar-refractivity contribution >= 4 is 22.4 Å². The van der Waals surface area contributed by atoms with Crippen molar-refractivity contribution in [3.8, 4) is 11.3 Å². The zero-order valence-electron chi connectivity index (χ0n) is 14.9. The lowest BCUT2D eigenvalue weighted by Gasteiger charge is -2.30. The molecule has 0 amide bonds. The second-order valence-electron chi connectivity index (χ2n) is 6.72. The fourth-order valence-corrected chi connectivity index (χ4v) is 3.45. The van der Waals surface area contributed by atoms with Crippen LogP contribution in [-0.2, 0) is 16.0 Å². The number of fused-ring (bicyclic) bond motifs is 1. The first-order valence-electron chi connectivity index (χ1n) is 9.02. The van der Waals surface area contributed by atoms with E-state index >= 15 is 0 Å². The van der Waals surface area contributed by atoms with Gasteiger partial charge in [0.2, 0.25) is 0 Å². The Hall–Kier alpha value is -2.72. The molecule has 26 heavy (non-hydrogen) atoms. The standard InChI is InChI=1S/C22H22N2O2/c1-16(25)14-17-6-8-18(9-7-17)21-15-22(24-10-12-26-13-11-24)19-4-2-3-5-20(19)23-21/h2-9,15H,10-14H2,1H3. The summed E-state index contributed by atoms with van der Waals surface area (Å²) in [5.41, 5.74) is 5.27. The molecular formula is C22H22N2O2. The van der Waals surface area contributed by atoms with Gasteiger partial charge in [0.05, 0.1) is 24.4 Å². The minimum atomic E-state index is 0.177. The highest BCUT2D eigenvalue weighted by molar-refractivity contribution is 5.94. The van der Waals surface area contributed by atoms with E-state index < -0.39 is 0 Å². The molecule has 3 aromatic rings. The predicted octanol–water partition coefficient (Wildman–Crippen LogP) is 3.87. The molecule has 0 spiro atoms. The largest absolute Gasteiger partial charge is 0.378 e. The quantitative estimate of drug-likeness (QED) is 0.719. The van der Waals surface area contributed by atoms with Gasteiger partial charge >= 0.3 is 0 Å². The number of hydrogen-bond acceptors (Lipinski definition) is 4. The highest BCUT2D eigenvalue weighted by Gasteiger charge is 2.16. The Morgan fingerprint density at radius 1 is 1.08 bits per heavy atom. The van der Waals surface area contributed by atoms with E-state index in [9.17, 15) is 4.79 Å². The zero-order valence-corrected chi connectivity index (χ0v) is 14.9. The molecule has 4 heteroatoms. The van der Waals surface area contributed by atoms with Gasteiger partial charge in [-0.2, -0.15) is 0 Å². The van der Waals surface area contributed by atoms with Crippen molar-refractivity contribution in [3.05, 3.63) is 60.2 Å². The number of nitrogens with zero attached hydrogens (tertiary/aromatic N) is 2. The number of hydrogen-bond donors (Lipinski definition) is 0. The van der Waals surface area contributed by atoms with Crippen LogP contribution in [0.4, 0.5) is 5.69 Å². The third-order valence-corrected chi connectivity index (χ3v) is 4.75. The minimum absolute atomic E-state index is 0.177. The van der Waals surface area contributed by atoms with E-state index in [4.69, 9.17) is 9.72 Å². The van der Waals surface area contributed by atoms with Crippen molar-refractivity contribution in [2.45, 2.75) is 13.3 Å². The Bertz CT molecular complexity index is 929. The summed E-state index contributed by atoms with van der Waals surface area (Å²) in [5, 5.41) is 1.17. The molecule has 2 aromatic carbocycles. The molecule has 0 aliphatic carbocycles. The van der Waals surface area contributed by atoms with Gasteiger partial charge in [-0.3, -0.25) is 4.79 Å². The maximum atomic E-state index is 11.3. The molecule has 0 N–H and O–H groups in total. The summed E-state index contributed by atoms with van der Waals surface area (Å²) in [7, 11) is 0. The lowest BCUT2D eigenvalue weighted by Crippen LogP contribution is -2.36. The first kappa shape index (κ1) is 16.7. The highest BCUT2D eigenvalue weighted by Crippen LogP contribution is 2.31. The third kappa shape index (κ3) is 3.46. The van der Waals surface area contributed by atoms with Gasteiger partial charge in [0.25, 0.3) is 0 Å². The number of rotatable bonds is 4. The Morgan fingerprint density at radius 3 is 2.54 bits per heavy atom. The summed E-state index contributed by atoms with van der Waals surface area (Å²) in [4.78, 5) is 18.5. The summed E-state index contributed by atoms with van der Waals surface area (Å²) in [6, 6.07) is 18.6. The van der Waals surface area contributed by atoms with Gasteiger partial charge in [-0.05, 0) is 24.6 Å². The van der Waals surface area contributed by atoms with Crippen LogP contribution in [-0.4, -0.2) is 37.1 Å². The SMILES string of the molecule is CC(=O)Cc1ccc(-c2cc(N3CCOCC3)c3ccccc3n2)cc1. The number of benzene rings is 2. The fourth-order valence-electron chi connectivity index (χ4n) is 3.45. The van der Waals surface area contributed by atoms with Crippen molar-refractivity contribution in [1.29, 1.82) is 0 Å². The Morgan fingerprint density at radius 2 is 1.81 bits per heavy atom. The molecule has 1 aliphatic heterocycles. The maximum absolute atomic E-state index is 11.3. The van der Waals surface area contributed by atoms with E-state index in [0.29, 0.717) is 6.42 Å². The summed E-state index contributed by atoms with van der Waals surface area (Å²) >= 11 is 0. The molecule has 0 unspecified atom stereocenters. The molecule has 0 bridgehead atoms. The van der Waals surface area contributed by atoms with Gasteiger partial charge < -0.3 is 9.64 Å². The van der Waals surface area contributed by atoms with Crippen molar-refractivity contribution in [2.24, 2.45) is 0 Å². The average molecular weight is 346 g/mol. The molecule has 0 atom stereocenters. The van der Waals surface area contributed by atoms with Crippen molar-refractivity contribution in [1.82, 2.24) is 4.98 Å². The van der Waals surface area contributed by atoms with Crippen LogP contribution in [0.25, 0.3) is 22.2 Å². The van der Waals surface area contributed by atoms with Crippen molar-refractivity contribution in [2.75, 3.05) is 31.2 Å². The van der Waals surface area contributed by atoms with Gasteiger partial charge in [-0.25, -0.2) is 4.98 Å². The normalized spacial score (nSPS) is 14.6. The number of anilines is 1. The number of para-hydroxylation sites is 1. The van der Waals surface area contributed by atoms with Gasteiger partial charge in [0, 0.05) is 36.1 Å². The number of carbonyl (C=O) groups excluding carboxylic acids is 1. The number of morpholine rings is 1. The van der Waals surface area contributed by atoms with Gasteiger partial charge in [0.1, 0.15) is 5.78 Å². The van der Waals surface area contributed by atoms with E-state index in [0.717, 1.165) is 48.6 Å². The average Bonchev–Trinajstić information content (AvgIpc) is 2.68. The lowest BCUT2D eigenvalue weighted by molar-refractivity contribution is -0.116. The smallest absolute Gasteiger partial charge is 0.134 e. The monoisotopic (exact) mass is 346 g/mol. The lowest BCUT2D eigenvalue weighted by atomic mass is 10.0. The maximum Gasteiger partial charge on any atom is 0.134 e. The van der Waals surface area contributed by atoms with Crippen molar-refractivity contribution < 1.29 is 9.53 Å². The molecule has 4 nitrogen and oxygen atoms in total. The second-order valence-corrected chi connectivity index (χ2v) is 6.72. The van der Waals surface area contributed by atoms with E-state index in [1.807, 2.05) is 18.2 Å². The number of aromatic nitrogens is 1. The van der Waals surface area contributed by atoms with E-state index in [1.54, 1.807) is 6.92 Å². The highest BCUT2D eigenvalue weighted by atomic mass is 16.5. The van der Waals surface area contributed by atoms with Crippen LogP contribution in [0.15, 0.2) is 54.6 Å². The fraction of sp³-hybridized carbons (Fsp3) is 0.273. The van der Waals surface area contributed by atoms with E-state index in [2.05, 4.69) is 41.3 Å². The Balaban J connectivity index is 1.76. The van der Waals surface area contributed by atoms with Crippen LogP contribution in [0.5, 0.6) is 0 Å². The number of pyridine rings is 1. The van der Waals surface area contributed by atoms with Crippen LogP contribution in [0, 0.1) is 0 Å². The van der Waals surface area contributed by atoms with E-state index in [1.165, 1.54) is 11.1 Å². The van der Waals surface area contributed by atoms with Crippen LogP contribution >= 0.6 is 0 Å². The molecule has 132 valence electrons. The molecule has 0 radical (unpaired) electrons. The molecule has 1 aliphatic rings. The summed E-state index contributed by atoms with van der Waals surface area (Å²) in [6.07, 6.45) is 0.477.